The second-order valence-electron chi connectivity index (χ2n) is 3.08. The lowest BCUT2D eigenvalue weighted by Gasteiger charge is -2.04. The molecule has 2 rings (SSSR count). The van der Waals surface area contributed by atoms with Gasteiger partial charge in [0.2, 0.25) is 0 Å². The third kappa shape index (κ3) is 1.92. The van der Waals surface area contributed by atoms with Crippen molar-refractivity contribution in [2.75, 3.05) is 0 Å². The Balaban J connectivity index is 2.67. The Morgan fingerprint density at radius 3 is 2.93 bits per heavy atom. The first-order valence-corrected chi connectivity index (χ1v) is 5.03. The highest BCUT2D eigenvalue weighted by Gasteiger charge is 2.08. The molecule has 0 aliphatic rings. The smallest absolute Gasteiger partial charge is 0.256 e. The van der Waals surface area contributed by atoms with Gasteiger partial charge in [0, 0.05) is 30.0 Å². The van der Waals surface area contributed by atoms with Crippen molar-refractivity contribution in [3.05, 3.63) is 52.7 Å². The number of nitrogens with zero attached hydrogens (tertiary/aromatic N) is 1. The van der Waals surface area contributed by atoms with Crippen molar-refractivity contribution in [3.8, 4) is 11.1 Å². The molecular formula is C11H9ClN2O. The average molecular weight is 221 g/mol. The molecule has 0 saturated carbocycles. The molecule has 0 spiro atoms. The summed E-state index contributed by atoms with van der Waals surface area (Å²) in [6.07, 6.45) is 4.92. The molecule has 3 nitrogen and oxygen atoms in total. The van der Waals surface area contributed by atoms with E-state index in [1.807, 2.05) is 6.07 Å². The summed E-state index contributed by atoms with van der Waals surface area (Å²) < 4.78 is 0. The first kappa shape index (κ1) is 9.93. The van der Waals surface area contributed by atoms with Gasteiger partial charge in [0.25, 0.3) is 5.56 Å². The van der Waals surface area contributed by atoms with E-state index >= 15 is 0 Å². The lowest BCUT2D eigenvalue weighted by Crippen LogP contribution is -2.10. The molecule has 0 saturated heterocycles. The molecule has 0 fully saturated rings. The predicted octanol–water partition coefficient (Wildman–Crippen LogP) is 2.18. The number of hydrogen-bond acceptors (Lipinski definition) is 2. The van der Waals surface area contributed by atoms with Gasteiger partial charge < -0.3 is 4.98 Å². The summed E-state index contributed by atoms with van der Waals surface area (Å²) in [5.41, 5.74) is 2.06. The van der Waals surface area contributed by atoms with Crippen molar-refractivity contribution >= 4 is 11.6 Å². The van der Waals surface area contributed by atoms with E-state index in [1.165, 1.54) is 0 Å². The Morgan fingerprint density at radius 2 is 2.27 bits per heavy atom. The summed E-state index contributed by atoms with van der Waals surface area (Å²) >= 11 is 5.78. The number of nitrogens with one attached hydrogen (secondary N) is 1. The lowest BCUT2D eigenvalue weighted by molar-refractivity contribution is 1.19. The monoisotopic (exact) mass is 220 g/mol. The molecule has 4 heteroatoms. The number of hydrogen-bond donors (Lipinski definition) is 1. The first-order valence-electron chi connectivity index (χ1n) is 4.50. The number of rotatable bonds is 2. The van der Waals surface area contributed by atoms with E-state index in [0.29, 0.717) is 11.4 Å². The minimum absolute atomic E-state index is 0.138. The molecule has 0 aromatic carbocycles. The van der Waals surface area contributed by atoms with Crippen LogP contribution in [0.1, 0.15) is 5.56 Å². The number of H-pyrrole nitrogens is 1. The van der Waals surface area contributed by atoms with Gasteiger partial charge in [0.05, 0.1) is 5.56 Å². The Labute approximate surface area is 91.8 Å². The molecule has 0 bridgehead atoms. The zero-order chi connectivity index (χ0) is 10.7. The highest BCUT2D eigenvalue weighted by Crippen LogP contribution is 2.19. The third-order valence-electron chi connectivity index (χ3n) is 2.14. The summed E-state index contributed by atoms with van der Waals surface area (Å²) in [5.74, 6) is 0.314. The van der Waals surface area contributed by atoms with Crippen LogP contribution >= 0.6 is 11.6 Å². The summed E-state index contributed by atoms with van der Waals surface area (Å²) in [5, 5.41) is 0. The highest BCUT2D eigenvalue weighted by atomic mass is 35.5. The number of alkyl halides is 1. The van der Waals surface area contributed by atoms with Crippen molar-refractivity contribution in [2.45, 2.75) is 5.88 Å². The van der Waals surface area contributed by atoms with Gasteiger partial charge in [-0.25, -0.2) is 0 Å². The maximum atomic E-state index is 11.7. The third-order valence-corrected chi connectivity index (χ3v) is 2.43. The summed E-state index contributed by atoms with van der Waals surface area (Å²) in [4.78, 5) is 18.3. The van der Waals surface area contributed by atoms with Gasteiger partial charge >= 0.3 is 0 Å². The van der Waals surface area contributed by atoms with Crippen LogP contribution in [0.4, 0.5) is 0 Å². The van der Waals surface area contributed by atoms with E-state index in [1.54, 1.807) is 30.7 Å². The van der Waals surface area contributed by atoms with Crippen molar-refractivity contribution in [1.29, 1.82) is 0 Å². The predicted molar refractivity (Wildman–Crippen MR) is 59.9 cm³/mol. The van der Waals surface area contributed by atoms with Gasteiger partial charge in [-0.3, -0.25) is 9.78 Å². The first-order chi connectivity index (χ1) is 7.33. The minimum Gasteiger partial charge on any atom is -0.329 e. The molecule has 0 aliphatic heterocycles. The molecule has 0 atom stereocenters. The molecule has 0 unspecified atom stereocenters. The lowest BCUT2D eigenvalue weighted by atomic mass is 10.1. The zero-order valence-electron chi connectivity index (χ0n) is 7.90. The Kier molecular flexibility index (Phi) is 2.83. The minimum atomic E-state index is -0.138. The van der Waals surface area contributed by atoms with Gasteiger partial charge in [-0.1, -0.05) is 6.07 Å². The standard InChI is InChI=1S/C11H9ClN2O/c12-6-8-3-5-14-11(15)10(8)9-2-1-4-13-7-9/h1-5,7H,6H2,(H,14,15). The number of halogens is 1. The van der Waals surface area contributed by atoms with Gasteiger partial charge in [0.15, 0.2) is 0 Å². The van der Waals surface area contributed by atoms with Gasteiger partial charge in [0.1, 0.15) is 0 Å². The maximum absolute atomic E-state index is 11.7. The average Bonchev–Trinajstić information content (AvgIpc) is 2.29. The van der Waals surface area contributed by atoms with Crippen LogP contribution in [0.5, 0.6) is 0 Å². The van der Waals surface area contributed by atoms with E-state index in [2.05, 4.69) is 9.97 Å². The fraction of sp³-hybridized carbons (Fsp3) is 0.0909. The van der Waals surface area contributed by atoms with Crippen LogP contribution in [0.25, 0.3) is 11.1 Å². The van der Waals surface area contributed by atoms with E-state index in [0.717, 1.165) is 11.1 Å². The van der Waals surface area contributed by atoms with Gasteiger partial charge in [-0.2, -0.15) is 0 Å². The van der Waals surface area contributed by atoms with Crippen molar-refractivity contribution < 1.29 is 0 Å². The van der Waals surface area contributed by atoms with Gasteiger partial charge in [-0.05, 0) is 17.7 Å². The molecule has 2 aromatic rings. The van der Waals surface area contributed by atoms with Crippen LogP contribution in [0, 0.1) is 0 Å². The number of aromatic amines is 1. The fourth-order valence-electron chi connectivity index (χ4n) is 1.46. The molecule has 15 heavy (non-hydrogen) atoms. The Morgan fingerprint density at radius 1 is 1.40 bits per heavy atom. The zero-order valence-corrected chi connectivity index (χ0v) is 8.66. The molecule has 2 aromatic heterocycles. The van der Waals surface area contributed by atoms with Crippen LogP contribution in [0.3, 0.4) is 0 Å². The van der Waals surface area contributed by atoms with Crippen LogP contribution < -0.4 is 5.56 Å². The molecule has 76 valence electrons. The van der Waals surface area contributed by atoms with Crippen molar-refractivity contribution in [3.63, 3.8) is 0 Å². The van der Waals surface area contributed by atoms with Crippen LogP contribution in [-0.4, -0.2) is 9.97 Å². The normalized spacial score (nSPS) is 10.2. The molecular weight excluding hydrogens is 212 g/mol. The highest BCUT2D eigenvalue weighted by molar-refractivity contribution is 6.17. The topological polar surface area (TPSA) is 45.8 Å². The maximum Gasteiger partial charge on any atom is 0.256 e. The summed E-state index contributed by atoms with van der Waals surface area (Å²) in [6.45, 7) is 0. The fourth-order valence-corrected chi connectivity index (χ4v) is 1.68. The van der Waals surface area contributed by atoms with E-state index in [4.69, 9.17) is 11.6 Å². The second-order valence-corrected chi connectivity index (χ2v) is 3.35. The molecule has 0 amide bonds. The number of pyridine rings is 2. The SMILES string of the molecule is O=c1[nH]ccc(CCl)c1-c1cccnc1. The number of aromatic nitrogens is 2. The van der Waals surface area contributed by atoms with E-state index < -0.39 is 0 Å². The largest absolute Gasteiger partial charge is 0.329 e. The van der Waals surface area contributed by atoms with E-state index in [-0.39, 0.29) is 5.56 Å². The van der Waals surface area contributed by atoms with Crippen molar-refractivity contribution in [2.24, 2.45) is 0 Å². The van der Waals surface area contributed by atoms with Crippen LogP contribution in [0.2, 0.25) is 0 Å². The molecule has 0 radical (unpaired) electrons. The quantitative estimate of drug-likeness (QED) is 0.789. The van der Waals surface area contributed by atoms with Crippen LogP contribution in [0.15, 0.2) is 41.6 Å². The van der Waals surface area contributed by atoms with E-state index in [9.17, 15) is 4.79 Å². The van der Waals surface area contributed by atoms with Crippen molar-refractivity contribution in [1.82, 2.24) is 9.97 Å². The second kappa shape index (κ2) is 4.28. The summed E-state index contributed by atoms with van der Waals surface area (Å²) in [6, 6.07) is 5.43. The molecule has 0 aliphatic carbocycles. The Bertz CT molecular complexity index is 507. The summed E-state index contributed by atoms with van der Waals surface area (Å²) in [7, 11) is 0. The Hall–Kier alpha value is -1.61. The van der Waals surface area contributed by atoms with Crippen LogP contribution in [-0.2, 0) is 5.88 Å². The van der Waals surface area contributed by atoms with Gasteiger partial charge in [-0.15, -0.1) is 11.6 Å². The molecule has 1 N–H and O–H groups in total. The molecule has 2 heterocycles.